The van der Waals surface area contributed by atoms with E-state index in [2.05, 4.69) is 24.8 Å². The maximum atomic E-state index is 12.9. The lowest BCUT2D eigenvalue weighted by Gasteiger charge is -2.50. The number of anilines is 1. The summed E-state index contributed by atoms with van der Waals surface area (Å²) in [5, 5.41) is 17.9. The predicted octanol–water partition coefficient (Wildman–Crippen LogP) is -2.87. The molecule has 5 rings (SSSR count). The molecule has 5 heterocycles. The Balaban J connectivity index is 1.31. The van der Waals surface area contributed by atoms with Crippen LogP contribution in [0.25, 0.3) is 0 Å². The third-order valence-corrected chi connectivity index (χ3v) is 8.54. The van der Waals surface area contributed by atoms with E-state index in [0.717, 1.165) is 11.5 Å². The van der Waals surface area contributed by atoms with Gasteiger partial charge in [-0.05, 0) is 4.98 Å². The van der Waals surface area contributed by atoms with E-state index in [1.165, 1.54) is 35.5 Å². The van der Waals surface area contributed by atoms with Gasteiger partial charge in [-0.1, -0.05) is 5.16 Å². The van der Waals surface area contributed by atoms with Gasteiger partial charge in [-0.15, -0.1) is 23.5 Å². The minimum absolute atomic E-state index is 0.0362. The Bertz CT molecular complexity index is 1220. The minimum atomic E-state index is -1.43. The summed E-state index contributed by atoms with van der Waals surface area (Å²) in [6.07, 6.45) is 3.42. The number of rotatable bonds is 7. The second kappa shape index (κ2) is 8.88. The summed E-state index contributed by atoms with van der Waals surface area (Å²) in [6, 6.07) is -0.953. The molecule has 14 nitrogen and oxygen atoms in total. The van der Waals surface area contributed by atoms with E-state index < -0.39 is 29.2 Å². The molecule has 1 saturated heterocycles. The van der Waals surface area contributed by atoms with Crippen molar-refractivity contribution in [1.82, 2.24) is 29.2 Å². The number of nitrogen functional groups attached to an aromatic ring is 1. The Morgan fingerprint density at radius 1 is 1.47 bits per heavy atom. The molecule has 2 amide bonds. The van der Waals surface area contributed by atoms with Crippen molar-refractivity contribution in [3.8, 4) is 0 Å². The Hall–Kier alpha value is -3.18. The Kier molecular flexibility index (Phi) is 5.90. The zero-order valence-electron chi connectivity index (χ0n) is 17.5. The van der Waals surface area contributed by atoms with E-state index >= 15 is 0 Å². The molecule has 3 aliphatic rings. The Morgan fingerprint density at radius 3 is 2.97 bits per heavy atom. The molecule has 0 bridgehead atoms. The Labute approximate surface area is 204 Å². The number of hydrogen-bond acceptors (Lipinski definition) is 13. The van der Waals surface area contributed by atoms with Crippen molar-refractivity contribution >= 4 is 63.7 Å². The van der Waals surface area contributed by atoms with Gasteiger partial charge in [0, 0.05) is 22.2 Å². The van der Waals surface area contributed by atoms with E-state index in [9.17, 15) is 19.5 Å². The number of carboxylic acid groups (broad SMARTS) is 1. The van der Waals surface area contributed by atoms with Crippen LogP contribution in [-0.4, -0.2) is 76.9 Å². The SMILES string of the molecule is CO/N=C(\C(=O)N[C@@H]1C(=O)N2C(C(=O)[O-])=C(SC3Cn4cnc[n+]4C3)CS[C@H]12)c1nsc(N)n1. The number of carbonyl (C=O) groups is 3. The smallest absolute Gasteiger partial charge is 0.306 e. The topological polar surface area (TPSA) is 185 Å². The van der Waals surface area contributed by atoms with Crippen LogP contribution in [0.15, 0.2) is 28.4 Å². The first kappa shape index (κ1) is 22.6. The summed E-state index contributed by atoms with van der Waals surface area (Å²) < 4.78 is 7.83. The first-order valence-corrected chi connectivity index (χ1v) is 12.5. The summed E-state index contributed by atoms with van der Waals surface area (Å²) in [4.78, 5) is 52.1. The zero-order valence-corrected chi connectivity index (χ0v) is 19.9. The number of amides is 2. The summed E-state index contributed by atoms with van der Waals surface area (Å²) in [5.41, 5.74) is 5.18. The highest BCUT2D eigenvalue weighted by atomic mass is 32.2. The number of carboxylic acids is 1. The maximum absolute atomic E-state index is 12.9. The number of aliphatic carboxylic acids is 1. The molecule has 2 atom stereocenters. The van der Waals surface area contributed by atoms with E-state index in [4.69, 9.17) is 10.6 Å². The number of nitrogens with two attached hydrogens (primary N) is 1. The number of nitrogens with one attached hydrogen (secondary N) is 1. The van der Waals surface area contributed by atoms with Gasteiger partial charge in [0.2, 0.25) is 17.9 Å². The Morgan fingerprint density at radius 2 is 2.29 bits per heavy atom. The van der Waals surface area contributed by atoms with Crippen LogP contribution >= 0.6 is 35.1 Å². The molecule has 178 valence electrons. The molecule has 0 spiro atoms. The number of nitrogens with zero attached hydrogens (tertiary/aromatic N) is 7. The first-order chi connectivity index (χ1) is 16.4. The van der Waals surface area contributed by atoms with E-state index in [0.29, 0.717) is 23.7 Å². The number of thioether (sulfide) groups is 2. The molecule has 2 aromatic heterocycles. The summed E-state index contributed by atoms with van der Waals surface area (Å²) in [6.45, 7) is 1.35. The standard InChI is InChI=1S/C17H17N9O5S3/c1-31-22-9(12-21-17(18)34-23-12)13(27)20-10-14(28)26-11(16(29)30)8(4-32-15(10)26)33-7-2-24-5-19-6-25(24)3-7/h5-7,10,15H,2-4H2,1H3,(H3-,18,20,21,23,27,29,30)/b22-9-/t10-,15-/m1/s1. The number of β-lactam (4-membered cyclic amide) rings is 1. The lowest BCUT2D eigenvalue weighted by Crippen LogP contribution is -2.71. The van der Waals surface area contributed by atoms with Gasteiger partial charge >= 0.3 is 6.33 Å². The molecule has 0 aromatic carbocycles. The van der Waals surface area contributed by atoms with E-state index in [1.807, 2.05) is 9.36 Å². The zero-order chi connectivity index (χ0) is 24.0. The number of oxime groups is 1. The highest BCUT2D eigenvalue weighted by Crippen LogP contribution is 2.44. The maximum Gasteiger partial charge on any atom is 0.306 e. The van der Waals surface area contributed by atoms with E-state index in [-0.39, 0.29) is 27.6 Å². The monoisotopic (exact) mass is 523 g/mol. The van der Waals surface area contributed by atoms with Crippen LogP contribution in [0.3, 0.4) is 0 Å². The van der Waals surface area contributed by atoms with Gasteiger partial charge in [0.25, 0.3) is 11.8 Å². The average Bonchev–Trinajstić information content (AvgIpc) is 3.51. The van der Waals surface area contributed by atoms with Crippen LogP contribution in [0.5, 0.6) is 0 Å². The fourth-order valence-electron chi connectivity index (χ4n) is 3.86. The summed E-state index contributed by atoms with van der Waals surface area (Å²) in [5.74, 6) is -2.39. The molecular formula is C17H17N9O5S3. The largest absolute Gasteiger partial charge is 0.543 e. The van der Waals surface area contributed by atoms with Gasteiger partial charge in [-0.2, -0.15) is 18.7 Å². The molecule has 0 radical (unpaired) electrons. The molecule has 0 saturated carbocycles. The van der Waals surface area contributed by atoms with Gasteiger partial charge in [-0.3, -0.25) is 14.5 Å². The molecule has 34 heavy (non-hydrogen) atoms. The molecule has 2 aromatic rings. The van der Waals surface area contributed by atoms with Crippen molar-refractivity contribution in [2.24, 2.45) is 5.16 Å². The lowest BCUT2D eigenvalue weighted by atomic mass is 10.0. The van der Waals surface area contributed by atoms with Crippen molar-refractivity contribution < 1.29 is 29.0 Å². The molecule has 0 aliphatic carbocycles. The average molecular weight is 524 g/mol. The van der Waals surface area contributed by atoms with Crippen molar-refractivity contribution in [2.75, 3.05) is 18.6 Å². The lowest BCUT2D eigenvalue weighted by molar-refractivity contribution is -0.758. The number of hydrogen-bond donors (Lipinski definition) is 2. The highest BCUT2D eigenvalue weighted by molar-refractivity contribution is 8.06. The van der Waals surface area contributed by atoms with Crippen LogP contribution in [0.1, 0.15) is 5.82 Å². The quantitative estimate of drug-likeness (QED) is 0.164. The number of fused-ring (bicyclic) bond motifs is 2. The van der Waals surface area contributed by atoms with Gasteiger partial charge in [0.1, 0.15) is 25.1 Å². The van der Waals surface area contributed by atoms with Crippen LogP contribution < -0.4 is 20.8 Å². The van der Waals surface area contributed by atoms with Crippen molar-refractivity contribution in [3.05, 3.63) is 29.1 Å². The number of aromatic nitrogens is 5. The van der Waals surface area contributed by atoms with Crippen LogP contribution in [-0.2, 0) is 32.3 Å². The summed E-state index contributed by atoms with van der Waals surface area (Å²) >= 11 is 3.66. The molecule has 3 N–H and O–H groups in total. The van der Waals surface area contributed by atoms with Gasteiger partial charge in [0.05, 0.1) is 23.5 Å². The van der Waals surface area contributed by atoms with Gasteiger partial charge in [0.15, 0.2) is 5.13 Å². The molecule has 0 unspecified atom stereocenters. The second-order valence-corrected chi connectivity index (χ2v) is 10.6. The predicted molar refractivity (Wildman–Crippen MR) is 119 cm³/mol. The normalized spacial score (nSPS) is 23.9. The fraction of sp³-hybridized carbons (Fsp3) is 0.412. The van der Waals surface area contributed by atoms with Crippen molar-refractivity contribution in [2.45, 2.75) is 29.8 Å². The van der Waals surface area contributed by atoms with Crippen molar-refractivity contribution in [1.29, 1.82) is 0 Å². The fourth-order valence-corrected chi connectivity index (χ4v) is 7.11. The molecule has 3 aliphatic heterocycles. The van der Waals surface area contributed by atoms with Gasteiger partial charge in [-0.25, -0.2) is 0 Å². The van der Waals surface area contributed by atoms with Crippen LogP contribution in [0, 0.1) is 0 Å². The minimum Gasteiger partial charge on any atom is -0.543 e. The van der Waals surface area contributed by atoms with Crippen LogP contribution in [0.2, 0.25) is 0 Å². The van der Waals surface area contributed by atoms with E-state index in [1.54, 1.807) is 12.7 Å². The van der Waals surface area contributed by atoms with Crippen molar-refractivity contribution in [3.63, 3.8) is 0 Å². The molecule has 17 heteroatoms. The highest BCUT2D eigenvalue weighted by Gasteiger charge is 2.53. The summed E-state index contributed by atoms with van der Waals surface area (Å²) in [7, 11) is 1.25. The number of carbonyl (C=O) groups excluding carboxylic acids is 3. The third-order valence-electron chi connectivity index (χ3n) is 5.28. The molecular weight excluding hydrogens is 506 g/mol. The third kappa shape index (κ3) is 3.88. The molecule has 1 fully saturated rings. The second-order valence-electron chi connectivity index (χ2n) is 7.36. The first-order valence-electron chi connectivity index (χ1n) is 9.84. The van der Waals surface area contributed by atoms with Crippen LogP contribution in [0.4, 0.5) is 5.13 Å². The van der Waals surface area contributed by atoms with Gasteiger partial charge < -0.3 is 25.8 Å².